The minimum atomic E-state index is 0. The van der Waals surface area contributed by atoms with E-state index in [1.807, 2.05) is 13.0 Å². The fourth-order valence-electron chi connectivity index (χ4n) is 0.782. The maximum Gasteiger partial charge on any atom is 0.0569 e. The van der Waals surface area contributed by atoms with Gasteiger partial charge in [-0.05, 0) is 34.5 Å². The third-order valence-corrected chi connectivity index (χ3v) is 1.78. The molecular formula is C7H10BrClN2. The normalized spacial score (nSPS) is 9.00. The topological polar surface area (TPSA) is 38.9 Å². The van der Waals surface area contributed by atoms with Crippen molar-refractivity contribution < 1.29 is 0 Å². The molecule has 0 aliphatic rings. The zero-order valence-corrected chi connectivity index (χ0v) is 8.58. The molecule has 4 heteroatoms. The highest BCUT2D eigenvalue weighted by atomic mass is 79.9. The summed E-state index contributed by atoms with van der Waals surface area (Å²) >= 11 is 3.32. The van der Waals surface area contributed by atoms with Crippen LogP contribution in [0.3, 0.4) is 0 Å². The number of rotatable bonds is 1. The molecule has 0 saturated heterocycles. The second-order valence-corrected chi connectivity index (χ2v) is 3.04. The van der Waals surface area contributed by atoms with Crippen LogP contribution >= 0.6 is 28.3 Å². The summed E-state index contributed by atoms with van der Waals surface area (Å²) in [7, 11) is 0. The summed E-state index contributed by atoms with van der Waals surface area (Å²) in [5.74, 6) is 0. The number of nitrogens with zero attached hydrogens (tertiary/aromatic N) is 1. The van der Waals surface area contributed by atoms with Crippen LogP contribution in [0.15, 0.2) is 16.7 Å². The molecule has 0 radical (unpaired) electrons. The Morgan fingerprint density at radius 2 is 2.27 bits per heavy atom. The molecular weight excluding hydrogens is 227 g/mol. The van der Waals surface area contributed by atoms with Crippen LogP contribution < -0.4 is 5.73 Å². The van der Waals surface area contributed by atoms with Crippen molar-refractivity contribution in [3.8, 4) is 0 Å². The van der Waals surface area contributed by atoms with Gasteiger partial charge in [0.05, 0.1) is 5.69 Å². The molecule has 0 fully saturated rings. The number of nitrogens with two attached hydrogens (primary N) is 1. The highest BCUT2D eigenvalue weighted by Crippen LogP contribution is 2.11. The van der Waals surface area contributed by atoms with Crippen molar-refractivity contribution in [3.63, 3.8) is 0 Å². The summed E-state index contributed by atoms with van der Waals surface area (Å²) in [6, 6.07) is 2.01. The van der Waals surface area contributed by atoms with Crippen molar-refractivity contribution in [1.82, 2.24) is 4.98 Å². The fraction of sp³-hybridized carbons (Fsp3) is 0.286. The second-order valence-electron chi connectivity index (χ2n) is 2.12. The van der Waals surface area contributed by atoms with Gasteiger partial charge in [-0.3, -0.25) is 4.98 Å². The predicted molar refractivity (Wildman–Crippen MR) is 51.8 cm³/mol. The van der Waals surface area contributed by atoms with Gasteiger partial charge in [0, 0.05) is 17.2 Å². The minimum Gasteiger partial charge on any atom is -0.325 e. The summed E-state index contributed by atoms with van der Waals surface area (Å²) < 4.78 is 1.00. The van der Waals surface area contributed by atoms with E-state index in [-0.39, 0.29) is 12.4 Å². The predicted octanol–water partition coefficient (Wildman–Crippen LogP) is 2.03. The van der Waals surface area contributed by atoms with Crippen LogP contribution in [0.4, 0.5) is 0 Å². The first-order chi connectivity index (χ1) is 4.74. The molecule has 62 valence electrons. The number of aryl methyl sites for hydroxylation is 1. The largest absolute Gasteiger partial charge is 0.325 e. The van der Waals surface area contributed by atoms with E-state index < -0.39 is 0 Å². The van der Waals surface area contributed by atoms with E-state index in [4.69, 9.17) is 5.73 Å². The van der Waals surface area contributed by atoms with Gasteiger partial charge in [0.25, 0.3) is 0 Å². The number of hydrogen-bond donors (Lipinski definition) is 1. The lowest BCUT2D eigenvalue weighted by Crippen LogP contribution is -2.01. The molecule has 0 bridgehead atoms. The SMILES string of the molecule is Cc1cc(Br)cnc1CN.Cl. The van der Waals surface area contributed by atoms with Gasteiger partial charge in [-0.2, -0.15) is 0 Å². The van der Waals surface area contributed by atoms with Gasteiger partial charge >= 0.3 is 0 Å². The Labute approximate surface area is 80.7 Å². The summed E-state index contributed by atoms with van der Waals surface area (Å²) in [5.41, 5.74) is 7.52. The molecule has 2 nitrogen and oxygen atoms in total. The maximum absolute atomic E-state index is 5.42. The summed E-state index contributed by atoms with van der Waals surface area (Å²) in [6.45, 7) is 2.51. The van der Waals surface area contributed by atoms with Crippen molar-refractivity contribution in [1.29, 1.82) is 0 Å². The lowest BCUT2D eigenvalue weighted by atomic mass is 10.2. The van der Waals surface area contributed by atoms with Crippen molar-refractivity contribution in [2.24, 2.45) is 5.73 Å². The van der Waals surface area contributed by atoms with Gasteiger partial charge in [0.1, 0.15) is 0 Å². The average molecular weight is 238 g/mol. The van der Waals surface area contributed by atoms with Crippen LogP contribution in [0.2, 0.25) is 0 Å². The molecule has 0 spiro atoms. The fourth-order valence-corrected chi connectivity index (χ4v) is 1.23. The van der Waals surface area contributed by atoms with E-state index in [1.165, 1.54) is 0 Å². The molecule has 0 aliphatic heterocycles. The Bertz CT molecular complexity index is 240. The highest BCUT2D eigenvalue weighted by molar-refractivity contribution is 9.10. The lowest BCUT2D eigenvalue weighted by molar-refractivity contribution is 0.965. The third kappa shape index (κ3) is 2.77. The van der Waals surface area contributed by atoms with E-state index in [1.54, 1.807) is 6.20 Å². The molecule has 0 amide bonds. The van der Waals surface area contributed by atoms with Crippen LogP contribution in [-0.4, -0.2) is 4.98 Å². The molecule has 0 saturated carbocycles. The molecule has 1 aromatic rings. The van der Waals surface area contributed by atoms with Crippen molar-refractivity contribution in [2.75, 3.05) is 0 Å². The van der Waals surface area contributed by atoms with Crippen LogP contribution in [0.5, 0.6) is 0 Å². The first kappa shape index (κ1) is 10.9. The molecule has 2 N–H and O–H groups in total. The van der Waals surface area contributed by atoms with Crippen molar-refractivity contribution in [2.45, 2.75) is 13.5 Å². The quantitative estimate of drug-likeness (QED) is 0.812. The average Bonchev–Trinajstić information content (AvgIpc) is 1.88. The van der Waals surface area contributed by atoms with Gasteiger partial charge < -0.3 is 5.73 Å². The molecule has 1 heterocycles. The van der Waals surface area contributed by atoms with Crippen molar-refractivity contribution in [3.05, 3.63) is 28.0 Å². The Kier molecular flexibility index (Phi) is 4.65. The van der Waals surface area contributed by atoms with E-state index in [0.29, 0.717) is 6.54 Å². The Balaban J connectivity index is 0.000001000. The smallest absolute Gasteiger partial charge is 0.0569 e. The maximum atomic E-state index is 5.42. The number of aromatic nitrogens is 1. The van der Waals surface area contributed by atoms with Crippen LogP contribution in [0, 0.1) is 6.92 Å². The first-order valence-corrected chi connectivity index (χ1v) is 3.84. The van der Waals surface area contributed by atoms with E-state index in [9.17, 15) is 0 Å². The zero-order valence-electron chi connectivity index (χ0n) is 6.17. The van der Waals surface area contributed by atoms with Crippen LogP contribution in [-0.2, 0) is 6.54 Å². The first-order valence-electron chi connectivity index (χ1n) is 3.05. The standard InChI is InChI=1S/C7H9BrN2.ClH/c1-5-2-6(8)4-10-7(5)3-9;/h2,4H,3,9H2,1H3;1H. The molecule has 11 heavy (non-hydrogen) atoms. The Morgan fingerprint density at radius 1 is 1.64 bits per heavy atom. The monoisotopic (exact) mass is 236 g/mol. The van der Waals surface area contributed by atoms with Gasteiger partial charge in [-0.15, -0.1) is 12.4 Å². The summed E-state index contributed by atoms with van der Waals surface area (Å²) in [4.78, 5) is 4.12. The highest BCUT2D eigenvalue weighted by Gasteiger charge is 1.96. The lowest BCUT2D eigenvalue weighted by Gasteiger charge is -2.00. The number of hydrogen-bond acceptors (Lipinski definition) is 2. The molecule has 1 aromatic heterocycles. The summed E-state index contributed by atoms with van der Waals surface area (Å²) in [5, 5.41) is 0. The van der Waals surface area contributed by atoms with E-state index in [0.717, 1.165) is 15.7 Å². The Hall–Kier alpha value is -0.120. The molecule has 1 rings (SSSR count). The van der Waals surface area contributed by atoms with Crippen LogP contribution in [0.25, 0.3) is 0 Å². The van der Waals surface area contributed by atoms with Gasteiger partial charge in [-0.1, -0.05) is 0 Å². The molecule has 0 unspecified atom stereocenters. The van der Waals surface area contributed by atoms with E-state index >= 15 is 0 Å². The molecule has 0 aliphatic carbocycles. The minimum absolute atomic E-state index is 0. The van der Waals surface area contributed by atoms with E-state index in [2.05, 4.69) is 20.9 Å². The second kappa shape index (κ2) is 4.70. The molecule has 0 aromatic carbocycles. The molecule has 0 atom stereocenters. The van der Waals surface area contributed by atoms with Gasteiger partial charge in [0.15, 0.2) is 0 Å². The summed E-state index contributed by atoms with van der Waals surface area (Å²) in [6.07, 6.45) is 1.76. The third-order valence-electron chi connectivity index (χ3n) is 1.35. The Morgan fingerprint density at radius 3 is 2.73 bits per heavy atom. The van der Waals surface area contributed by atoms with Crippen molar-refractivity contribution >= 4 is 28.3 Å². The van der Waals surface area contributed by atoms with Gasteiger partial charge in [-0.25, -0.2) is 0 Å². The number of pyridine rings is 1. The number of halogens is 2. The zero-order chi connectivity index (χ0) is 7.56. The van der Waals surface area contributed by atoms with Crippen LogP contribution in [0.1, 0.15) is 11.3 Å². The van der Waals surface area contributed by atoms with Gasteiger partial charge in [0.2, 0.25) is 0 Å².